The summed E-state index contributed by atoms with van der Waals surface area (Å²) < 4.78 is 41.9. The van der Waals surface area contributed by atoms with Crippen LogP contribution in [0.3, 0.4) is 0 Å². The summed E-state index contributed by atoms with van der Waals surface area (Å²) in [5.41, 5.74) is 0.0896. The molecule has 4 heterocycles. The van der Waals surface area contributed by atoms with Gasteiger partial charge in [0.15, 0.2) is 0 Å². The molecule has 0 atom stereocenters. The molecule has 10 heteroatoms. The van der Waals surface area contributed by atoms with Gasteiger partial charge < -0.3 is 9.88 Å². The normalized spacial score (nSPS) is 15.5. The molecule has 0 aliphatic carbocycles. The molecular formula is C22H24F3N5O2. The van der Waals surface area contributed by atoms with Crippen LogP contribution in [-0.4, -0.2) is 43.6 Å². The number of carbonyl (C=O) groups excluding carboxylic acids is 1. The van der Waals surface area contributed by atoms with Crippen LogP contribution in [0.1, 0.15) is 47.7 Å². The van der Waals surface area contributed by atoms with Crippen LogP contribution in [0.25, 0.3) is 10.9 Å². The van der Waals surface area contributed by atoms with Crippen LogP contribution in [0.2, 0.25) is 0 Å². The van der Waals surface area contributed by atoms with Crippen molar-refractivity contribution in [1.29, 1.82) is 0 Å². The number of nitrogens with zero attached hydrogens (tertiary/aromatic N) is 4. The number of rotatable bonds is 4. The van der Waals surface area contributed by atoms with E-state index in [9.17, 15) is 22.8 Å². The van der Waals surface area contributed by atoms with Crippen LogP contribution >= 0.6 is 0 Å². The maximum atomic E-state index is 13.4. The van der Waals surface area contributed by atoms with Crippen molar-refractivity contribution in [1.82, 2.24) is 24.6 Å². The summed E-state index contributed by atoms with van der Waals surface area (Å²) in [6.45, 7) is 4.98. The lowest BCUT2D eigenvalue weighted by Crippen LogP contribution is -2.38. The van der Waals surface area contributed by atoms with Crippen molar-refractivity contribution in [3.63, 3.8) is 0 Å². The quantitative estimate of drug-likeness (QED) is 0.663. The van der Waals surface area contributed by atoms with Crippen LogP contribution in [0, 0.1) is 13.8 Å². The lowest BCUT2D eigenvalue weighted by Gasteiger charge is -2.32. The van der Waals surface area contributed by atoms with E-state index in [4.69, 9.17) is 0 Å². The van der Waals surface area contributed by atoms with Crippen LogP contribution in [0.4, 0.5) is 13.2 Å². The third-order valence-corrected chi connectivity index (χ3v) is 5.86. The number of alkyl halides is 3. The Balaban J connectivity index is 1.47. The largest absolute Gasteiger partial charge is 0.417 e. The highest BCUT2D eigenvalue weighted by Gasteiger charge is 2.35. The van der Waals surface area contributed by atoms with E-state index in [-0.39, 0.29) is 23.0 Å². The summed E-state index contributed by atoms with van der Waals surface area (Å²) in [6.07, 6.45) is 0.574. The maximum absolute atomic E-state index is 13.4. The van der Waals surface area contributed by atoms with Crippen molar-refractivity contribution in [3.05, 3.63) is 57.4 Å². The molecule has 1 fully saturated rings. The Hall–Kier alpha value is -3.17. The van der Waals surface area contributed by atoms with E-state index in [0.717, 1.165) is 11.6 Å². The molecule has 3 aromatic rings. The number of pyridine rings is 2. The number of aromatic nitrogens is 4. The first-order valence-electron chi connectivity index (χ1n) is 10.5. The minimum absolute atomic E-state index is 0.0377. The fourth-order valence-corrected chi connectivity index (χ4v) is 4.26. The van der Waals surface area contributed by atoms with E-state index in [2.05, 4.69) is 15.1 Å². The summed E-state index contributed by atoms with van der Waals surface area (Å²) >= 11 is 0. The minimum Gasteiger partial charge on any atom is -0.343 e. The lowest BCUT2D eigenvalue weighted by atomic mass is 9.92. The van der Waals surface area contributed by atoms with Crippen molar-refractivity contribution < 1.29 is 18.0 Å². The van der Waals surface area contributed by atoms with Gasteiger partial charge in [0.2, 0.25) is 5.91 Å². The van der Waals surface area contributed by atoms with Gasteiger partial charge >= 0.3 is 6.18 Å². The molecule has 32 heavy (non-hydrogen) atoms. The molecule has 0 aromatic carbocycles. The average Bonchev–Trinajstić information content (AvgIpc) is 3.15. The molecule has 0 radical (unpaired) electrons. The summed E-state index contributed by atoms with van der Waals surface area (Å²) in [5.74, 6) is -0.0164. The first-order valence-corrected chi connectivity index (χ1v) is 10.5. The molecule has 0 unspecified atom stereocenters. The first-order chi connectivity index (χ1) is 15.1. The summed E-state index contributed by atoms with van der Waals surface area (Å²) in [6, 6.07) is 2.44. The number of aromatic amines is 1. The number of amides is 1. The van der Waals surface area contributed by atoms with Crippen LogP contribution in [0.5, 0.6) is 0 Å². The number of carbonyl (C=O) groups is 1. The van der Waals surface area contributed by atoms with Gasteiger partial charge in [0, 0.05) is 49.6 Å². The molecule has 1 aliphatic rings. The highest BCUT2D eigenvalue weighted by Crippen LogP contribution is 2.34. The zero-order chi connectivity index (χ0) is 23.0. The van der Waals surface area contributed by atoms with Gasteiger partial charge in [0.05, 0.1) is 22.7 Å². The number of hydrogen-bond donors (Lipinski definition) is 1. The second kappa shape index (κ2) is 8.40. The molecule has 4 rings (SSSR count). The summed E-state index contributed by atoms with van der Waals surface area (Å²) in [7, 11) is 0. The van der Waals surface area contributed by atoms with Crippen molar-refractivity contribution in [2.45, 2.75) is 51.7 Å². The Morgan fingerprint density at radius 2 is 1.94 bits per heavy atom. The van der Waals surface area contributed by atoms with Crippen molar-refractivity contribution in [2.24, 2.45) is 0 Å². The molecule has 0 spiro atoms. The summed E-state index contributed by atoms with van der Waals surface area (Å²) in [4.78, 5) is 33.7. The number of nitrogens with one attached hydrogen (secondary N) is 1. The van der Waals surface area contributed by atoms with Crippen LogP contribution in [0.15, 0.2) is 29.3 Å². The van der Waals surface area contributed by atoms with E-state index in [1.54, 1.807) is 21.8 Å². The number of hydrogen-bond acceptors (Lipinski definition) is 4. The van der Waals surface area contributed by atoms with Gasteiger partial charge in [-0.3, -0.25) is 19.3 Å². The predicted molar refractivity (Wildman–Crippen MR) is 112 cm³/mol. The molecule has 0 bridgehead atoms. The SMILES string of the molecule is Cc1cnn(CCC(=O)N2CCC(c3cc4nc(C)cc(C(F)(F)F)c4c(=O)[nH]3)CC2)c1. The standard InChI is InChI=1S/C22H24F3N5O2/c1-13-11-26-30(12-13)8-5-19(31)29-6-3-15(4-7-29)17-10-18-20(21(32)28-17)16(22(23,24)25)9-14(2)27-18/h9-12,15H,3-8H2,1-2H3,(H,28,32). The highest BCUT2D eigenvalue weighted by atomic mass is 19.4. The monoisotopic (exact) mass is 447 g/mol. The Labute approximate surface area is 182 Å². The van der Waals surface area contributed by atoms with E-state index >= 15 is 0 Å². The number of likely N-dealkylation sites (tertiary alicyclic amines) is 1. The predicted octanol–water partition coefficient (Wildman–Crippen LogP) is 3.55. The van der Waals surface area contributed by atoms with Gasteiger partial charge in [0.1, 0.15) is 0 Å². The molecule has 1 saturated heterocycles. The molecular weight excluding hydrogens is 423 g/mol. The Bertz CT molecular complexity index is 1210. The number of piperidine rings is 1. The van der Waals surface area contributed by atoms with Gasteiger partial charge in [0.25, 0.3) is 5.56 Å². The zero-order valence-electron chi connectivity index (χ0n) is 17.9. The third-order valence-electron chi connectivity index (χ3n) is 5.86. The Morgan fingerprint density at radius 1 is 1.22 bits per heavy atom. The smallest absolute Gasteiger partial charge is 0.343 e. The lowest BCUT2D eigenvalue weighted by molar-refractivity contribution is -0.136. The molecule has 1 N–H and O–H groups in total. The minimum atomic E-state index is -4.64. The fraction of sp³-hybridized carbons (Fsp3) is 0.455. The molecule has 170 valence electrons. The highest BCUT2D eigenvalue weighted by molar-refractivity contribution is 5.82. The van der Waals surface area contributed by atoms with Gasteiger partial charge in [-0.25, -0.2) is 0 Å². The molecule has 7 nitrogen and oxygen atoms in total. The molecule has 0 saturated carbocycles. The van der Waals surface area contributed by atoms with Gasteiger partial charge in [-0.15, -0.1) is 0 Å². The summed E-state index contributed by atoms with van der Waals surface area (Å²) in [5, 5.41) is 3.74. The number of aryl methyl sites for hydroxylation is 3. The average molecular weight is 447 g/mol. The van der Waals surface area contributed by atoms with E-state index in [1.807, 2.05) is 13.1 Å². The van der Waals surface area contributed by atoms with E-state index in [0.29, 0.717) is 44.6 Å². The number of halogens is 3. The van der Waals surface area contributed by atoms with Gasteiger partial charge in [-0.1, -0.05) is 0 Å². The van der Waals surface area contributed by atoms with E-state index in [1.165, 1.54) is 6.92 Å². The molecule has 1 amide bonds. The zero-order valence-corrected chi connectivity index (χ0v) is 17.9. The second-order valence-electron chi connectivity index (χ2n) is 8.31. The third kappa shape index (κ3) is 4.53. The topological polar surface area (TPSA) is 83.9 Å². The van der Waals surface area contributed by atoms with Crippen molar-refractivity contribution >= 4 is 16.8 Å². The van der Waals surface area contributed by atoms with Gasteiger partial charge in [-0.05, 0) is 44.4 Å². The number of fused-ring (bicyclic) bond motifs is 1. The van der Waals surface area contributed by atoms with Crippen molar-refractivity contribution in [2.75, 3.05) is 13.1 Å². The number of H-pyrrole nitrogens is 1. The van der Waals surface area contributed by atoms with Gasteiger partial charge in [-0.2, -0.15) is 18.3 Å². The van der Waals surface area contributed by atoms with Crippen LogP contribution < -0.4 is 5.56 Å². The van der Waals surface area contributed by atoms with Crippen LogP contribution in [-0.2, 0) is 17.5 Å². The second-order valence-corrected chi connectivity index (χ2v) is 8.31. The Kier molecular flexibility index (Phi) is 5.79. The molecule has 3 aromatic heterocycles. The van der Waals surface area contributed by atoms with E-state index < -0.39 is 22.7 Å². The van der Waals surface area contributed by atoms with Crippen molar-refractivity contribution in [3.8, 4) is 0 Å². The molecule has 1 aliphatic heterocycles. The maximum Gasteiger partial charge on any atom is 0.417 e. The Morgan fingerprint density at radius 3 is 2.56 bits per heavy atom. The fourth-order valence-electron chi connectivity index (χ4n) is 4.26. The first kappa shape index (κ1) is 22.0.